The van der Waals surface area contributed by atoms with E-state index >= 15 is 0 Å². The van der Waals surface area contributed by atoms with Crippen molar-refractivity contribution in [1.29, 1.82) is 0 Å². The fourth-order valence-corrected chi connectivity index (χ4v) is 2.63. The summed E-state index contributed by atoms with van der Waals surface area (Å²) < 4.78 is 0.848. The van der Waals surface area contributed by atoms with E-state index in [4.69, 9.17) is 0 Å². The number of nitrogens with zero attached hydrogens (tertiary/aromatic N) is 4. The minimum Gasteiger partial charge on any atom is -0.296 e. The van der Waals surface area contributed by atoms with Crippen LogP contribution in [0.2, 0.25) is 0 Å². The van der Waals surface area contributed by atoms with Crippen molar-refractivity contribution in [3.05, 3.63) is 52.2 Å². The summed E-state index contributed by atoms with van der Waals surface area (Å²) in [6, 6.07) is 9.39. The Hall–Kier alpha value is -2.06. The number of carbonyl (C=O) groups is 1. The Balaban J connectivity index is 1.78. The molecule has 2 heterocycles. The highest BCUT2D eigenvalue weighted by Crippen LogP contribution is 2.23. The molecule has 3 aromatic rings. The van der Waals surface area contributed by atoms with E-state index in [1.165, 1.54) is 22.3 Å². The zero-order valence-electron chi connectivity index (χ0n) is 10.0. The van der Waals surface area contributed by atoms with E-state index in [1.54, 1.807) is 6.20 Å². The van der Waals surface area contributed by atoms with Gasteiger partial charge in [0.15, 0.2) is 10.8 Å². The summed E-state index contributed by atoms with van der Waals surface area (Å²) in [6.07, 6.45) is 3.05. The maximum absolute atomic E-state index is 12.0. The summed E-state index contributed by atoms with van der Waals surface area (Å²) in [5.74, 6) is -0.339. The molecule has 0 radical (unpaired) electrons. The summed E-state index contributed by atoms with van der Waals surface area (Å²) in [5.41, 5.74) is 1.03. The van der Waals surface area contributed by atoms with Gasteiger partial charge in [0, 0.05) is 0 Å². The molecule has 0 unspecified atom stereocenters. The molecule has 20 heavy (non-hydrogen) atoms. The average molecular weight is 350 g/mol. The summed E-state index contributed by atoms with van der Waals surface area (Å²) in [4.78, 5) is 17.4. The number of nitrogens with one attached hydrogen (secondary N) is 1. The van der Waals surface area contributed by atoms with Crippen LogP contribution in [0.15, 0.2) is 46.5 Å². The standard InChI is InChI=1S/C12H8BrN5OS/c13-10-7-14-12(20-10)16-11(19)9-6-15-18(17-9)8-4-2-1-3-5-8/h1-7H,(H,14,16,19). The smallest absolute Gasteiger partial charge is 0.279 e. The maximum Gasteiger partial charge on any atom is 0.279 e. The van der Waals surface area contributed by atoms with Crippen molar-refractivity contribution in [3.8, 4) is 5.69 Å². The highest BCUT2D eigenvalue weighted by Gasteiger charge is 2.13. The van der Waals surface area contributed by atoms with Crippen LogP contribution in [0.25, 0.3) is 5.69 Å². The minimum atomic E-state index is -0.339. The third-order valence-corrected chi connectivity index (χ3v) is 3.80. The van der Waals surface area contributed by atoms with Gasteiger partial charge >= 0.3 is 0 Å². The van der Waals surface area contributed by atoms with Crippen molar-refractivity contribution in [2.45, 2.75) is 0 Å². The minimum absolute atomic E-state index is 0.236. The normalized spacial score (nSPS) is 10.4. The predicted octanol–water partition coefficient (Wildman–Crippen LogP) is 2.74. The Bertz CT molecular complexity index is 739. The van der Waals surface area contributed by atoms with Crippen molar-refractivity contribution in [1.82, 2.24) is 20.0 Å². The number of aromatic nitrogens is 4. The molecule has 6 nitrogen and oxygen atoms in total. The highest BCUT2D eigenvalue weighted by atomic mass is 79.9. The third kappa shape index (κ3) is 2.75. The van der Waals surface area contributed by atoms with Crippen molar-refractivity contribution in [2.24, 2.45) is 0 Å². The quantitative estimate of drug-likeness (QED) is 0.788. The second kappa shape index (κ2) is 5.51. The number of benzene rings is 1. The first-order chi connectivity index (χ1) is 9.72. The van der Waals surface area contributed by atoms with E-state index in [-0.39, 0.29) is 11.6 Å². The summed E-state index contributed by atoms with van der Waals surface area (Å²) in [6.45, 7) is 0. The van der Waals surface area contributed by atoms with Crippen molar-refractivity contribution < 1.29 is 4.79 Å². The zero-order valence-corrected chi connectivity index (χ0v) is 12.4. The van der Waals surface area contributed by atoms with Gasteiger partial charge in [-0.3, -0.25) is 10.1 Å². The Morgan fingerprint density at radius 3 is 2.75 bits per heavy atom. The van der Waals surface area contributed by atoms with E-state index < -0.39 is 0 Å². The lowest BCUT2D eigenvalue weighted by Gasteiger charge is -1.98. The molecule has 0 spiro atoms. The van der Waals surface area contributed by atoms with Crippen LogP contribution in [-0.4, -0.2) is 25.9 Å². The Labute approximate surface area is 126 Å². The molecular weight excluding hydrogens is 342 g/mol. The molecule has 0 aliphatic rings. The topological polar surface area (TPSA) is 72.7 Å². The number of rotatable bonds is 3. The predicted molar refractivity (Wildman–Crippen MR) is 79.1 cm³/mol. The number of halogens is 1. The number of hydrogen-bond acceptors (Lipinski definition) is 5. The fraction of sp³-hybridized carbons (Fsp3) is 0. The first kappa shape index (κ1) is 12.9. The van der Waals surface area contributed by atoms with Crippen LogP contribution in [0.4, 0.5) is 5.13 Å². The van der Waals surface area contributed by atoms with E-state index in [1.807, 2.05) is 30.3 Å². The molecule has 1 aromatic carbocycles. The molecule has 8 heteroatoms. The van der Waals surface area contributed by atoms with Gasteiger partial charge in [0.25, 0.3) is 5.91 Å². The molecule has 0 bridgehead atoms. The average Bonchev–Trinajstić information content (AvgIpc) is 3.09. The molecule has 1 amide bonds. The summed E-state index contributed by atoms with van der Waals surface area (Å²) in [5, 5.41) is 11.4. The fourth-order valence-electron chi connectivity index (χ4n) is 1.53. The number of amides is 1. The van der Waals surface area contributed by atoms with E-state index in [2.05, 4.69) is 36.4 Å². The van der Waals surface area contributed by atoms with Crippen LogP contribution in [0.3, 0.4) is 0 Å². The third-order valence-electron chi connectivity index (χ3n) is 2.41. The molecule has 0 atom stereocenters. The molecule has 0 fully saturated rings. The van der Waals surface area contributed by atoms with Crippen molar-refractivity contribution in [2.75, 3.05) is 5.32 Å². The van der Waals surface area contributed by atoms with Gasteiger partial charge in [-0.05, 0) is 28.1 Å². The van der Waals surface area contributed by atoms with E-state index in [0.29, 0.717) is 5.13 Å². The van der Waals surface area contributed by atoms with Gasteiger partial charge in [-0.2, -0.15) is 9.90 Å². The van der Waals surface area contributed by atoms with E-state index in [9.17, 15) is 4.79 Å². The van der Waals surface area contributed by atoms with Crippen molar-refractivity contribution >= 4 is 38.3 Å². The summed E-state index contributed by atoms with van der Waals surface area (Å²) in [7, 11) is 0. The molecule has 0 aliphatic heterocycles. The molecule has 0 saturated heterocycles. The molecule has 0 saturated carbocycles. The molecule has 0 aliphatic carbocycles. The Kier molecular flexibility index (Phi) is 3.57. The molecule has 3 rings (SSSR count). The Morgan fingerprint density at radius 1 is 1.25 bits per heavy atom. The van der Waals surface area contributed by atoms with Crippen LogP contribution >= 0.6 is 27.3 Å². The van der Waals surface area contributed by atoms with Crippen LogP contribution in [-0.2, 0) is 0 Å². The van der Waals surface area contributed by atoms with Crippen LogP contribution in [0.1, 0.15) is 10.5 Å². The van der Waals surface area contributed by atoms with Gasteiger partial charge in [-0.25, -0.2) is 4.98 Å². The van der Waals surface area contributed by atoms with E-state index in [0.717, 1.165) is 9.47 Å². The summed E-state index contributed by atoms with van der Waals surface area (Å²) >= 11 is 4.62. The van der Waals surface area contributed by atoms with Gasteiger partial charge in [-0.1, -0.05) is 29.5 Å². The molecule has 1 N–H and O–H groups in total. The van der Waals surface area contributed by atoms with Gasteiger partial charge in [0.1, 0.15) is 0 Å². The highest BCUT2D eigenvalue weighted by molar-refractivity contribution is 9.11. The first-order valence-electron chi connectivity index (χ1n) is 5.63. The van der Waals surface area contributed by atoms with Crippen LogP contribution in [0.5, 0.6) is 0 Å². The van der Waals surface area contributed by atoms with Crippen LogP contribution in [0, 0.1) is 0 Å². The monoisotopic (exact) mass is 349 g/mol. The number of carbonyl (C=O) groups excluding carboxylic acids is 1. The lowest BCUT2D eigenvalue weighted by atomic mass is 10.3. The lowest BCUT2D eigenvalue weighted by molar-refractivity contribution is 0.102. The van der Waals surface area contributed by atoms with Gasteiger partial charge in [0.05, 0.1) is 21.9 Å². The Morgan fingerprint density at radius 2 is 2.05 bits per heavy atom. The van der Waals surface area contributed by atoms with Crippen LogP contribution < -0.4 is 5.32 Å². The second-order valence-corrected chi connectivity index (χ2v) is 6.19. The van der Waals surface area contributed by atoms with Gasteiger partial charge in [0.2, 0.25) is 0 Å². The largest absolute Gasteiger partial charge is 0.296 e. The van der Waals surface area contributed by atoms with Crippen molar-refractivity contribution in [3.63, 3.8) is 0 Å². The SMILES string of the molecule is O=C(Nc1ncc(Br)s1)c1cnn(-c2ccccc2)n1. The molecule has 100 valence electrons. The zero-order chi connectivity index (χ0) is 13.9. The van der Waals surface area contributed by atoms with Gasteiger partial charge < -0.3 is 0 Å². The number of thiazole rings is 1. The lowest BCUT2D eigenvalue weighted by Crippen LogP contribution is -2.12. The number of hydrogen-bond donors (Lipinski definition) is 1. The number of anilines is 1. The van der Waals surface area contributed by atoms with Gasteiger partial charge in [-0.15, -0.1) is 5.10 Å². The maximum atomic E-state index is 12.0. The first-order valence-corrected chi connectivity index (χ1v) is 7.24. The number of para-hydroxylation sites is 1. The molecular formula is C12H8BrN5OS. The molecule has 2 aromatic heterocycles. The second-order valence-electron chi connectivity index (χ2n) is 3.78.